The second-order valence-electron chi connectivity index (χ2n) is 6.15. The van der Waals surface area contributed by atoms with Gasteiger partial charge in [-0.25, -0.2) is 0 Å². The third-order valence-corrected chi connectivity index (χ3v) is 4.22. The van der Waals surface area contributed by atoms with Gasteiger partial charge in [0.05, 0.1) is 19.9 Å². The highest BCUT2D eigenvalue weighted by Crippen LogP contribution is 2.29. The quantitative estimate of drug-likeness (QED) is 0.645. The Hall–Kier alpha value is -3.87. The van der Waals surface area contributed by atoms with Gasteiger partial charge in [0.25, 0.3) is 11.8 Å². The van der Waals surface area contributed by atoms with E-state index in [1.54, 1.807) is 68.0 Å². The number of aromatic nitrogens is 1. The molecule has 0 saturated carbocycles. The number of carbonyl (C=O) groups excluding carboxylic acids is 2. The summed E-state index contributed by atoms with van der Waals surface area (Å²) >= 11 is 0. The maximum atomic E-state index is 12.7. The van der Waals surface area contributed by atoms with Crippen molar-refractivity contribution in [2.45, 2.75) is 6.54 Å². The Balaban J connectivity index is 1.70. The Labute approximate surface area is 168 Å². The molecular weight excluding hydrogens is 370 g/mol. The summed E-state index contributed by atoms with van der Waals surface area (Å²) in [6.45, 7) is 0.353. The van der Waals surface area contributed by atoms with Crippen LogP contribution in [0.15, 0.2) is 67.0 Å². The number of benzene rings is 2. The number of hydrogen-bond acceptors (Lipinski definition) is 5. The van der Waals surface area contributed by atoms with Gasteiger partial charge in [0, 0.05) is 36.1 Å². The predicted molar refractivity (Wildman–Crippen MR) is 109 cm³/mol. The summed E-state index contributed by atoms with van der Waals surface area (Å²) in [4.78, 5) is 29.1. The van der Waals surface area contributed by atoms with Crippen molar-refractivity contribution in [3.8, 4) is 11.5 Å². The number of amides is 2. The van der Waals surface area contributed by atoms with Crippen LogP contribution in [0.1, 0.15) is 26.3 Å². The van der Waals surface area contributed by atoms with Crippen molar-refractivity contribution in [3.63, 3.8) is 0 Å². The Kier molecular flexibility index (Phi) is 6.42. The molecule has 29 heavy (non-hydrogen) atoms. The molecule has 1 heterocycles. The minimum Gasteiger partial charge on any atom is -0.497 e. The first-order valence-corrected chi connectivity index (χ1v) is 8.91. The molecule has 7 heteroatoms. The number of anilines is 1. The molecule has 2 amide bonds. The van der Waals surface area contributed by atoms with Crippen molar-refractivity contribution in [2.24, 2.45) is 0 Å². The maximum Gasteiger partial charge on any atom is 0.255 e. The summed E-state index contributed by atoms with van der Waals surface area (Å²) in [6, 6.07) is 15.3. The van der Waals surface area contributed by atoms with Gasteiger partial charge in [-0.3, -0.25) is 14.6 Å². The Morgan fingerprint density at radius 3 is 2.41 bits per heavy atom. The van der Waals surface area contributed by atoms with Crippen LogP contribution in [-0.4, -0.2) is 31.0 Å². The van der Waals surface area contributed by atoms with E-state index in [1.807, 2.05) is 6.07 Å². The Bertz CT molecular complexity index is 1010. The lowest BCUT2D eigenvalue weighted by atomic mass is 10.1. The SMILES string of the molecule is COc1ccc(NC(=O)c2cccc(C(=O)NCc3cccnc3)c2)c(OC)c1. The number of nitrogens with one attached hydrogen (secondary N) is 2. The first-order chi connectivity index (χ1) is 14.1. The van der Waals surface area contributed by atoms with E-state index in [-0.39, 0.29) is 11.8 Å². The molecule has 0 aliphatic carbocycles. The molecule has 0 aliphatic rings. The van der Waals surface area contributed by atoms with Gasteiger partial charge >= 0.3 is 0 Å². The summed E-state index contributed by atoms with van der Waals surface area (Å²) in [7, 11) is 3.07. The summed E-state index contributed by atoms with van der Waals surface area (Å²) in [5, 5.41) is 5.61. The van der Waals surface area contributed by atoms with Crippen molar-refractivity contribution in [1.29, 1.82) is 0 Å². The van der Waals surface area contributed by atoms with Crippen LogP contribution in [0.25, 0.3) is 0 Å². The fourth-order valence-electron chi connectivity index (χ4n) is 2.69. The molecular formula is C22H21N3O4. The second kappa shape index (κ2) is 9.36. The molecule has 0 bridgehead atoms. The van der Waals surface area contributed by atoms with Crippen molar-refractivity contribution < 1.29 is 19.1 Å². The Morgan fingerprint density at radius 1 is 0.931 bits per heavy atom. The van der Waals surface area contributed by atoms with Crippen molar-refractivity contribution in [2.75, 3.05) is 19.5 Å². The van der Waals surface area contributed by atoms with Crippen LogP contribution in [0.3, 0.4) is 0 Å². The topological polar surface area (TPSA) is 89.5 Å². The number of hydrogen-bond donors (Lipinski definition) is 2. The number of nitrogens with zero attached hydrogens (tertiary/aromatic N) is 1. The van der Waals surface area contributed by atoms with Crippen LogP contribution in [0, 0.1) is 0 Å². The third kappa shape index (κ3) is 5.10. The number of carbonyl (C=O) groups is 2. The second-order valence-corrected chi connectivity index (χ2v) is 6.15. The highest BCUT2D eigenvalue weighted by atomic mass is 16.5. The molecule has 0 aliphatic heterocycles. The van der Waals surface area contributed by atoms with Crippen LogP contribution in [-0.2, 0) is 6.54 Å². The van der Waals surface area contributed by atoms with Crippen LogP contribution < -0.4 is 20.1 Å². The average molecular weight is 391 g/mol. The minimum absolute atomic E-state index is 0.273. The normalized spacial score (nSPS) is 10.1. The molecule has 7 nitrogen and oxygen atoms in total. The molecule has 3 rings (SSSR count). The van der Waals surface area contributed by atoms with Gasteiger partial charge in [-0.2, -0.15) is 0 Å². The highest BCUT2D eigenvalue weighted by Gasteiger charge is 2.13. The van der Waals surface area contributed by atoms with Crippen molar-refractivity contribution in [1.82, 2.24) is 10.3 Å². The lowest BCUT2D eigenvalue weighted by Gasteiger charge is -2.12. The lowest BCUT2D eigenvalue weighted by molar-refractivity contribution is 0.0951. The molecule has 0 fully saturated rings. The molecule has 0 radical (unpaired) electrons. The molecule has 0 unspecified atom stereocenters. The summed E-state index contributed by atoms with van der Waals surface area (Å²) in [6.07, 6.45) is 3.36. The fourth-order valence-corrected chi connectivity index (χ4v) is 2.69. The van der Waals surface area contributed by atoms with E-state index in [4.69, 9.17) is 9.47 Å². The lowest BCUT2D eigenvalue weighted by Crippen LogP contribution is -2.23. The number of rotatable bonds is 7. The minimum atomic E-state index is -0.352. The molecule has 2 aromatic carbocycles. The van der Waals surface area contributed by atoms with Gasteiger partial charge in [0.1, 0.15) is 11.5 Å². The maximum absolute atomic E-state index is 12.7. The molecule has 1 aromatic heterocycles. The predicted octanol–water partition coefficient (Wildman–Crippen LogP) is 3.28. The molecule has 0 saturated heterocycles. The van der Waals surface area contributed by atoms with E-state index < -0.39 is 0 Å². The van der Waals surface area contributed by atoms with Crippen LogP contribution in [0.4, 0.5) is 5.69 Å². The van der Waals surface area contributed by atoms with Crippen LogP contribution in [0.2, 0.25) is 0 Å². The van der Waals surface area contributed by atoms with E-state index in [9.17, 15) is 9.59 Å². The molecule has 2 N–H and O–H groups in total. The summed E-state index contributed by atoms with van der Waals surface area (Å²) in [5.41, 5.74) is 2.14. The number of methoxy groups -OCH3 is 2. The van der Waals surface area contributed by atoms with Crippen molar-refractivity contribution >= 4 is 17.5 Å². The standard InChI is InChI=1S/C22H21N3O4/c1-28-18-8-9-19(20(12-18)29-2)25-22(27)17-7-3-6-16(11-17)21(26)24-14-15-5-4-10-23-13-15/h3-13H,14H2,1-2H3,(H,24,26)(H,25,27). The van der Waals surface area contributed by atoms with Crippen molar-refractivity contribution in [3.05, 3.63) is 83.7 Å². The first kappa shape index (κ1) is 19.9. The van der Waals surface area contributed by atoms with Gasteiger partial charge in [0.15, 0.2) is 0 Å². The van der Waals surface area contributed by atoms with E-state index in [2.05, 4.69) is 15.6 Å². The van der Waals surface area contributed by atoms with Gasteiger partial charge in [-0.05, 0) is 42.0 Å². The first-order valence-electron chi connectivity index (χ1n) is 8.91. The largest absolute Gasteiger partial charge is 0.497 e. The number of ether oxygens (including phenoxy) is 2. The zero-order valence-corrected chi connectivity index (χ0v) is 16.1. The van der Waals surface area contributed by atoms with Gasteiger partial charge in [0.2, 0.25) is 0 Å². The van der Waals surface area contributed by atoms with Crippen LogP contribution >= 0.6 is 0 Å². The zero-order valence-electron chi connectivity index (χ0n) is 16.1. The van der Waals surface area contributed by atoms with Gasteiger partial charge in [-0.1, -0.05) is 12.1 Å². The Morgan fingerprint density at radius 2 is 1.72 bits per heavy atom. The summed E-state index contributed by atoms with van der Waals surface area (Å²) in [5.74, 6) is 0.469. The molecule has 3 aromatic rings. The molecule has 0 spiro atoms. The van der Waals surface area contributed by atoms with E-state index >= 15 is 0 Å². The number of pyridine rings is 1. The zero-order chi connectivity index (χ0) is 20.6. The van der Waals surface area contributed by atoms with E-state index in [1.165, 1.54) is 7.11 Å². The molecule has 0 atom stereocenters. The monoisotopic (exact) mass is 391 g/mol. The van der Waals surface area contributed by atoms with Gasteiger partial charge < -0.3 is 20.1 Å². The van der Waals surface area contributed by atoms with Gasteiger partial charge in [-0.15, -0.1) is 0 Å². The molecule has 148 valence electrons. The average Bonchev–Trinajstić information content (AvgIpc) is 2.78. The fraction of sp³-hybridized carbons (Fsp3) is 0.136. The smallest absolute Gasteiger partial charge is 0.255 e. The van der Waals surface area contributed by atoms with E-state index in [0.29, 0.717) is 34.9 Å². The third-order valence-electron chi connectivity index (χ3n) is 4.22. The van der Waals surface area contributed by atoms with Crippen LogP contribution in [0.5, 0.6) is 11.5 Å². The highest BCUT2D eigenvalue weighted by molar-refractivity contribution is 6.06. The summed E-state index contributed by atoms with van der Waals surface area (Å²) < 4.78 is 10.5. The van der Waals surface area contributed by atoms with E-state index in [0.717, 1.165) is 5.56 Å².